The fraction of sp³-hybridized carbons (Fsp3) is 0.923. The van der Waals surface area contributed by atoms with E-state index in [0.717, 1.165) is 32.2 Å². The number of halogens is 1. The zero-order chi connectivity index (χ0) is 12.7. The summed E-state index contributed by atoms with van der Waals surface area (Å²) < 4.78 is 5.42. The Kier molecular flexibility index (Phi) is 9.42. The lowest BCUT2D eigenvalue weighted by atomic mass is 10.1. The molecule has 2 N–H and O–H groups in total. The zero-order valence-corrected chi connectivity index (χ0v) is 12.4. The first-order valence-electron chi connectivity index (χ1n) is 6.75. The predicted octanol–water partition coefficient (Wildman–Crippen LogP) is 1.95. The van der Waals surface area contributed by atoms with Crippen LogP contribution in [0.1, 0.15) is 46.0 Å². The van der Waals surface area contributed by atoms with Crippen molar-refractivity contribution in [3.05, 3.63) is 0 Å². The van der Waals surface area contributed by atoms with E-state index in [2.05, 4.69) is 13.8 Å². The molecule has 1 fully saturated rings. The molecule has 1 aliphatic rings. The molecule has 5 heteroatoms. The van der Waals surface area contributed by atoms with E-state index < -0.39 is 0 Å². The molecule has 1 aliphatic heterocycles. The summed E-state index contributed by atoms with van der Waals surface area (Å²) in [5.41, 5.74) is 5.43. The van der Waals surface area contributed by atoms with Gasteiger partial charge in [-0.3, -0.25) is 4.79 Å². The minimum absolute atomic E-state index is 0. The molecule has 1 heterocycles. The molecule has 0 bridgehead atoms. The molecule has 1 amide bonds. The molecule has 1 saturated heterocycles. The van der Waals surface area contributed by atoms with Crippen molar-refractivity contribution >= 4 is 18.3 Å². The Bertz CT molecular complexity index is 229. The standard InChI is InChI=1S/C13H26N2O2.ClH/c1-11-9-17-10-12(2)15(11)13(16)7-5-3-4-6-8-14;/h11-12H,3-10,14H2,1-2H3;1H. The van der Waals surface area contributed by atoms with Crippen LogP contribution in [0, 0.1) is 0 Å². The molecule has 0 saturated carbocycles. The second-order valence-electron chi connectivity index (χ2n) is 4.99. The van der Waals surface area contributed by atoms with Gasteiger partial charge in [-0.05, 0) is 33.2 Å². The molecule has 0 aliphatic carbocycles. The van der Waals surface area contributed by atoms with Gasteiger partial charge in [-0.15, -0.1) is 12.4 Å². The Morgan fingerprint density at radius 3 is 2.28 bits per heavy atom. The molecule has 2 unspecified atom stereocenters. The smallest absolute Gasteiger partial charge is 0.223 e. The predicted molar refractivity (Wildman–Crippen MR) is 76.0 cm³/mol. The van der Waals surface area contributed by atoms with Crippen molar-refractivity contribution < 1.29 is 9.53 Å². The van der Waals surface area contributed by atoms with Crippen LogP contribution in [-0.2, 0) is 9.53 Å². The molecule has 18 heavy (non-hydrogen) atoms. The van der Waals surface area contributed by atoms with Gasteiger partial charge >= 0.3 is 0 Å². The summed E-state index contributed by atoms with van der Waals surface area (Å²) in [7, 11) is 0. The van der Waals surface area contributed by atoms with Crippen molar-refractivity contribution in [2.75, 3.05) is 19.8 Å². The number of carbonyl (C=O) groups excluding carboxylic acids is 1. The van der Waals surface area contributed by atoms with Crippen LogP contribution in [0.2, 0.25) is 0 Å². The van der Waals surface area contributed by atoms with Crippen LogP contribution in [0.3, 0.4) is 0 Å². The molecule has 108 valence electrons. The number of hydrogen-bond acceptors (Lipinski definition) is 3. The van der Waals surface area contributed by atoms with Crippen molar-refractivity contribution in [3.63, 3.8) is 0 Å². The largest absolute Gasteiger partial charge is 0.377 e. The third-order valence-electron chi connectivity index (χ3n) is 3.30. The summed E-state index contributed by atoms with van der Waals surface area (Å²) in [6.45, 7) is 6.21. The van der Waals surface area contributed by atoms with Crippen LogP contribution in [0.5, 0.6) is 0 Å². The molecule has 4 nitrogen and oxygen atoms in total. The molecular weight excluding hydrogens is 252 g/mol. The minimum atomic E-state index is 0. The summed E-state index contributed by atoms with van der Waals surface area (Å²) in [5.74, 6) is 0.279. The number of morpholine rings is 1. The Labute approximate surface area is 117 Å². The molecule has 0 spiro atoms. The number of hydrogen-bond donors (Lipinski definition) is 1. The Morgan fingerprint density at radius 2 is 1.72 bits per heavy atom. The van der Waals surface area contributed by atoms with E-state index in [0.29, 0.717) is 19.6 Å². The van der Waals surface area contributed by atoms with Gasteiger partial charge in [0.15, 0.2) is 0 Å². The van der Waals surface area contributed by atoms with Crippen LogP contribution in [0.15, 0.2) is 0 Å². The van der Waals surface area contributed by atoms with Gasteiger partial charge < -0.3 is 15.4 Å². The summed E-state index contributed by atoms with van der Waals surface area (Å²) >= 11 is 0. The zero-order valence-electron chi connectivity index (χ0n) is 11.6. The summed E-state index contributed by atoms with van der Waals surface area (Å²) in [6.07, 6.45) is 4.96. The highest BCUT2D eigenvalue weighted by atomic mass is 35.5. The topological polar surface area (TPSA) is 55.6 Å². The van der Waals surface area contributed by atoms with E-state index in [9.17, 15) is 4.79 Å². The van der Waals surface area contributed by atoms with Crippen LogP contribution in [0.25, 0.3) is 0 Å². The maximum absolute atomic E-state index is 12.1. The Hall–Kier alpha value is -0.320. The van der Waals surface area contributed by atoms with Crippen LogP contribution >= 0.6 is 12.4 Å². The number of nitrogens with zero attached hydrogens (tertiary/aromatic N) is 1. The number of carbonyl (C=O) groups is 1. The first-order valence-corrected chi connectivity index (χ1v) is 6.75. The molecular formula is C13H27ClN2O2. The lowest BCUT2D eigenvalue weighted by Crippen LogP contribution is -2.52. The van der Waals surface area contributed by atoms with E-state index in [-0.39, 0.29) is 30.4 Å². The Morgan fingerprint density at radius 1 is 1.17 bits per heavy atom. The van der Waals surface area contributed by atoms with Gasteiger partial charge in [-0.2, -0.15) is 0 Å². The third kappa shape index (κ3) is 5.55. The van der Waals surface area contributed by atoms with E-state index in [1.54, 1.807) is 0 Å². The van der Waals surface area contributed by atoms with E-state index in [1.165, 1.54) is 0 Å². The maximum Gasteiger partial charge on any atom is 0.223 e. The summed E-state index contributed by atoms with van der Waals surface area (Å²) in [5, 5.41) is 0. The van der Waals surface area contributed by atoms with E-state index in [1.807, 2.05) is 4.90 Å². The van der Waals surface area contributed by atoms with Crippen LogP contribution < -0.4 is 5.73 Å². The lowest BCUT2D eigenvalue weighted by Gasteiger charge is -2.38. The van der Waals surface area contributed by atoms with Crippen molar-refractivity contribution in [2.24, 2.45) is 5.73 Å². The monoisotopic (exact) mass is 278 g/mol. The summed E-state index contributed by atoms with van der Waals surface area (Å²) in [4.78, 5) is 14.1. The van der Waals surface area contributed by atoms with Gasteiger partial charge in [0, 0.05) is 6.42 Å². The Balaban J connectivity index is 0.00000289. The molecule has 0 aromatic heterocycles. The second-order valence-corrected chi connectivity index (χ2v) is 4.99. The van der Waals surface area contributed by atoms with E-state index >= 15 is 0 Å². The van der Waals surface area contributed by atoms with Crippen molar-refractivity contribution in [1.29, 1.82) is 0 Å². The first kappa shape index (κ1) is 17.7. The normalized spacial score (nSPS) is 23.6. The van der Waals surface area contributed by atoms with Gasteiger partial charge in [-0.1, -0.05) is 12.8 Å². The van der Waals surface area contributed by atoms with E-state index in [4.69, 9.17) is 10.5 Å². The molecule has 1 rings (SSSR count). The number of nitrogens with two attached hydrogens (primary N) is 1. The average Bonchev–Trinajstić information content (AvgIpc) is 2.28. The average molecular weight is 279 g/mol. The van der Waals surface area contributed by atoms with Gasteiger partial charge in [0.05, 0.1) is 25.3 Å². The number of rotatable bonds is 6. The third-order valence-corrected chi connectivity index (χ3v) is 3.30. The summed E-state index contributed by atoms with van der Waals surface area (Å²) in [6, 6.07) is 0.436. The SMILES string of the molecule is CC1COCC(C)N1C(=O)CCCCCCN.Cl. The number of ether oxygens (including phenoxy) is 1. The van der Waals surface area contributed by atoms with Crippen molar-refractivity contribution in [2.45, 2.75) is 58.0 Å². The maximum atomic E-state index is 12.1. The number of unbranched alkanes of at least 4 members (excludes halogenated alkanes) is 3. The lowest BCUT2D eigenvalue weighted by molar-refractivity contribution is -0.144. The molecule has 2 atom stereocenters. The molecule has 0 aromatic carbocycles. The first-order chi connectivity index (χ1) is 8.16. The van der Waals surface area contributed by atoms with Gasteiger partial charge in [-0.25, -0.2) is 0 Å². The second kappa shape index (κ2) is 9.59. The minimum Gasteiger partial charge on any atom is -0.377 e. The van der Waals surface area contributed by atoms with Gasteiger partial charge in [0.1, 0.15) is 0 Å². The van der Waals surface area contributed by atoms with Crippen LogP contribution in [0.4, 0.5) is 0 Å². The van der Waals surface area contributed by atoms with Crippen molar-refractivity contribution in [1.82, 2.24) is 4.90 Å². The highest BCUT2D eigenvalue weighted by molar-refractivity contribution is 5.85. The fourth-order valence-corrected chi connectivity index (χ4v) is 2.40. The fourth-order valence-electron chi connectivity index (χ4n) is 2.40. The quantitative estimate of drug-likeness (QED) is 0.756. The highest BCUT2D eigenvalue weighted by Gasteiger charge is 2.28. The molecule has 0 aromatic rings. The van der Waals surface area contributed by atoms with Crippen LogP contribution in [-0.4, -0.2) is 42.6 Å². The molecule has 0 radical (unpaired) electrons. The number of amides is 1. The van der Waals surface area contributed by atoms with Gasteiger partial charge in [0.25, 0.3) is 0 Å². The van der Waals surface area contributed by atoms with Crippen molar-refractivity contribution in [3.8, 4) is 0 Å². The highest BCUT2D eigenvalue weighted by Crippen LogP contribution is 2.16. The van der Waals surface area contributed by atoms with Gasteiger partial charge in [0.2, 0.25) is 5.91 Å².